The van der Waals surface area contributed by atoms with E-state index in [1.54, 1.807) is 83.1 Å². The molecule has 0 aliphatic carbocycles. The number of halogens is 1. The summed E-state index contributed by atoms with van der Waals surface area (Å²) in [4.78, 5) is 89.5. The van der Waals surface area contributed by atoms with Gasteiger partial charge in [-0.05, 0) is 118 Å². The summed E-state index contributed by atoms with van der Waals surface area (Å²) in [6.45, 7) is 14.6. The number of likely N-dealkylation sites (tertiary alicyclic amines) is 2. The molecule has 0 radical (unpaired) electrons. The van der Waals surface area contributed by atoms with Gasteiger partial charge in [0.25, 0.3) is 11.8 Å². The third kappa shape index (κ3) is 13.2. The largest absolute Gasteiger partial charge is 0.444 e. The van der Waals surface area contributed by atoms with Gasteiger partial charge < -0.3 is 36.6 Å². The second kappa shape index (κ2) is 24.4. The van der Waals surface area contributed by atoms with E-state index >= 15 is 0 Å². The molecule has 2 fully saturated rings. The van der Waals surface area contributed by atoms with Gasteiger partial charge in [-0.1, -0.05) is 57.0 Å². The lowest BCUT2D eigenvalue weighted by Gasteiger charge is -2.24. The van der Waals surface area contributed by atoms with E-state index in [9.17, 15) is 24.0 Å². The molecule has 2 saturated heterocycles. The van der Waals surface area contributed by atoms with Crippen LogP contribution in [0.5, 0.6) is 0 Å². The second-order valence-corrected chi connectivity index (χ2v) is 18.9. The van der Waals surface area contributed by atoms with Crippen LogP contribution in [0, 0.1) is 0 Å². The number of ether oxygens (including phenoxy) is 1. The summed E-state index contributed by atoms with van der Waals surface area (Å²) in [5.74, 6) is 2.39. The minimum Gasteiger partial charge on any atom is -0.444 e. The number of fused-ring (bicyclic) bond motifs is 2. The number of rotatable bonds is 10. The SMILES string of the molecule is C.C=CC(=O)Cl.C=CC(=O)N1CCC(c2nc(-c3ccc(C(=O)Nc4ccccn4)cc3)n3c(N)nccc23)C1.CC(C)(C)OC(=O)N1CCC(c2nc(-c3ccc(C(=O)Nc4ccccn4)cc3)n3c(N)nccc23)C1. The number of nitrogens with one attached hydrogen (secondary N) is 2. The number of aromatic nitrogens is 8. The van der Waals surface area contributed by atoms with E-state index in [1.165, 1.54) is 6.08 Å². The van der Waals surface area contributed by atoms with Crippen molar-refractivity contribution >= 4 is 75.2 Å². The first-order valence-corrected chi connectivity index (χ1v) is 24.5. The first-order valence-electron chi connectivity index (χ1n) is 24.1. The summed E-state index contributed by atoms with van der Waals surface area (Å²) in [7, 11) is 0. The molecule has 6 N–H and O–H groups in total. The van der Waals surface area contributed by atoms with Crippen LogP contribution in [0.3, 0.4) is 0 Å². The van der Waals surface area contributed by atoms with Crippen LogP contribution in [-0.4, -0.2) is 109 Å². The number of amides is 4. The Morgan fingerprint density at radius 1 is 0.623 bits per heavy atom. The molecule has 21 heteroatoms. The maximum absolute atomic E-state index is 12.6. The fourth-order valence-corrected chi connectivity index (χ4v) is 8.74. The molecule has 10 rings (SSSR count). The smallest absolute Gasteiger partial charge is 0.410 e. The van der Waals surface area contributed by atoms with Gasteiger partial charge in [-0.2, -0.15) is 0 Å². The number of imidazole rings is 2. The highest BCUT2D eigenvalue weighted by Crippen LogP contribution is 2.36. The lowest BCUT2D eigenvalue weighted by molar-refractivity contribution is -0.125. The average molecular weight is 1060 g/mol. The number of carbonyl (C=O) groups excluding carboxylic acids is 5. The minimum absolute atomic E-state index is 0. The van der Waals surface area contributed by atoms with Crippen molar-refractivity contribution in [2.24, 2.45) is 0 Å². The monoisotopic (exact) mass is 1060 g/mol. The molecule has 2 aliphatic heterocycles. The number of benzene rings is 2. The van der Waals surface area contributed by atoms with Gasteiger partial charge in [-0.25, -0.2) is 34.7 Å². The molecule has 20 nitrogen and oxygen atoms in total. The number of nitrogen functional groups attached to an aromatic ring is 2. The van der Waals surface area contributed by atoms with Gasteiger partial charge in [0.2, 0.25) is 23.0 Å². The van der Waals surface area contributed by atoms with Gasteiger partial charge in [-0.3, -0.25) is 28.0 Å². The molecule has 0 bridgehead atoms. The van der Waals surface area contributed by atoms with Gasteiger partial charge in [0, 0.05) is 85.1 Å². The lowest BCUT2D eigenvalue weighted by Crippen LogP contribution is -2.35. The first-order chi connectivity index (χ1) is 36.5. The van der Waals surface area contributed by atoms with Crippen molar-refractivity contribution in [3.05, 3.63) is 170 Å². The molecular formula is C56H59ClN14O6. The third-order valence-electron chi connectivity index (χ3n) is 12.3. The van der Waals surface area contributed by atoms with Crippen LogP contribution in [0.25, 0.3) is 33.8 Å². The van der Waals surface area contributed by atoms with E-state index in [0.29, 0.717) is 72.5 Å². The van der Waals surface area contributed by atoms with Crippen molar-refractivity contribution in [2.75, 3.05) is 48.3 Å². The number of nitrogens with zero attached hydrogens (tertiary/aromatic N) is 10. The number of hydrogen-bond donors (Lipinski definition) is 4. The number of anilines is 4. The van der Waals surface area contributed by atoms with Crippen LogP contribution < -0.4 is 22.1 Å². The zero-order valence-corrected chi connectivity index (χ0v) is 42.7. The molecule has 0 saturated carbocycles. The van der Waals surface area contributed by atoms with Crippen molar-refractivity contribution in [3.63, 3.8) is 0 Å². The minimum atomic E-state index is -0.551. The zero-order valence-electron chi connectivity index (χ0n) is 42.0. The predicted octanol–water partition coefficient (Wildman–Crippen LogP) is 9.05. The van der Waals surface area contributed by atoms with Crippen molar-refractivity contribution in [2.45, 2.75) is 58.5 Å². The maximum atomic E-state index is 12.6. The molecule has 6 aromatic heterocycles. The van der Waals surface area contributed by atoms with Gasteiger partial charge in [0.05, 0.1) is 22.4 Å². The Morgan fingerprint density at radius 3 is 1.44 bits per heavy atom. The average Bonchev–Trinajstić information content (AvgIpc) is 4.30. The standard InChI is InChI=1S/C27H29N7O3.C25H23N7O2.C3H3ClO.CH4/c1-27(2,3)37-26(36)33-15-12-19(16-33)22-20-11-14-30-25(28)34(20)23(32-22)17-7-9-18(10-8-17)24(35)31-21-6-4-5-13-29-21;1-2-21(33)31-14-11-18(15-31)22-19-10-13-28-25(26)32(19)23(30-22)16-6-8-17(9-7-16)24(34)29-20-5-3-4-12-27-20;1-2-3(4)5;/h4-11,13-14,19H,12,15-16H2,1-3H3,(H2,28,30)(H,29,31,35);2-10,12-13,18H,1,11,14-15H2,(H2,26,28)(H,27,29,34);2H,1H2;1H4. The Kier molecular flexibility index (Phi) is 17.5. The van der Waals surface area contributed by atoms with E-state index in [1.807, 2.05) is 78.1 Å². The van der Waals surface area contributed by atoms with E-state index in [-0.39, 0.29) is 43.1 Å². The first kappa shape index (κ1) is 55.5. The number of allylic oxidation sites excluding steroid dienone is 1. The highest BCUT2D eigenvalue weighted by Gasteiger charge is 2.34. The quantitative estimate of drug-likeness (QED) is 0.0736. The topological polar surface area (TPSA) is 263 Å². The lowest BCUT2D eigenvalue weighted by atomic mass is 10.0. The number of pyridine rings is 2. The Bertz CT molecular complexity index is 3430. The molecule has 2 aromatic carbocycles. The Balaban J connectivity index is 0.000000204. The van der Waals surface area contributed by atoms with E-state index in [4.69, 9.17) is 37.8 Å². The molecule has 8 aromatic rings. The molecule has 2 aliphatic rings. The summed E-state index contributed by atoms with van der Waals surface area (Å²) in [5.41, 5.74) is 18.0. The molecular weight excluding hydrogens is 1000 g/mol. The molecule has 4 amide bonds. The highest BCUT2D eigenvalue weighted by molar-refractivity contribution is 6.66. The Labute approximate surface area is 449 Å². The van der Waals surface area contributed by atoms with Crippen molar-refractivity contribution in [1.82, 2.24) is 48.5 Å². The predicted molar refractivity (Wildman–Crippen MR) is 297 cm³/mol. The normalized spacial score (nSPS) is 14.8. The molecule has 0 spiro atoms. The molecule has 396 valence electrons. The van der Waals surface area contributed by atoms with Crippen LogP contribution in [0.4, 0.5) is 28.3 Å². The van der Waals surface area contributed by atoms with Crippen LogP contribution in [-0.2, 0) is 14.3 Å². The summed E-state index contributed by atoms with van der Waals surface area (Å²) in [6, 6.07) is 28.7. The summed E-state index contributed by atoms with van der Waals surface area (Å²) >= 11 is 4.71. The fourth-order valence-electron chi connectivity index (χ4n) is 8.74. The van der Waals surface area contributed by atoms with E-state index in [0.717, 1.165) is 52.5 Å². The fraction of sp³-hybridized carbons (Fsp3) is 0.232. The zero-order chi connectivity index (χ0) is 54.1. The van der Waals surface area contributed by atoms with Gasteiger partial charge in [0.15, 0.2) is 0 Å². The summed E-state index contributed by atoms with van der Waals surface area (Å²) in [5, 5.41) is 5.05. The van der Waals surface area contributed by atoms with Gasteiger partial charge in [0.1, 0.15) is 28.9 Å². The second-order valence-electron chi connectivity index (χ2n) is 18.6. The molecule has 77 heavy (non-hydrogen) atoms. The molecule has 2 atom stereocenters. The van der Waals surface area contributed by atoms with Crippen LogP contribution in [0.15, 0.2) is 147 Å². The van der Waals surface area contributed by atoms with Crippen molar-refractivity contribution < 1.29 is 28.7 Å². The van der Waals surface area contributed by atoms with Crippen molar-refractivity contribution in [3.8, 4) is 22.8 Å². The number of nitrogens with two attached hydrogens (primary N) is 2. The number of hydrogen-bond acceptors (Lipinski definition) is 14. The van der Waals surface area contributed by atoms with E-state index < -0.39 is 10.8 Å². The van der Waals surface area contributed by atoms with Crippen LogP contribution in [0.2, 0.25) is 0 Å². The van der Waals surface area contributed by atoms with Crippen molar-refractivity contribution in [1.29, 1.82) is 0 Å². The molecule has 2 unspecified atom stereocenters. The van der Waals surface area contributed by atoms with Gasteiger partial charge >= 0.3 is 6.09 Å². The number of carbonyl (C=O) groups is 5. The highest BCUT2D eigenvalue weighted by atomic mass is 35.5. The van der Waals surface area contributed by atoms with Gasteiger partial charge in [-0.15, -0.1) is 0 Å². The Hall–Kier alpha value is -9.30. The van der Waals surface area contributed by atoms with Crippen LogP contribution >= 0.6 is 11.6 Å². The summed E-state index contributed by atoms with van der Waals surface area (Å²) < 4.78 is 9.18. The van der Waals surface area contributed by atoms with E-state index in [2.05, 4.69) is 43.7 Å². The van der Waals surface area contributed by atoms with Crippen LogP contribution in [0.1, 0.15) is 85.0 Å². The maximum Gasteiger partial charge on any atom is 0.410 e. The Morgan fingerprint density at radius 2 is 1.05 bits per heavy atom. The third-order valence-corrected chi connectivity index (χ3v) is 12.4. The summed E-state index contributed by atoms with van der Waals surface area (Å²) in [6.07, 6.45) is 10.2. The molecule has 8 heterocycles.